The maximum atomic E-state index is 4.18. The fraction of sp³-hybridized carbons (Fsp3) is 0.267. The lowest BCUT2D eigenvalue weighted by molar-refractivity contribution is 0.347. The molecule has 0 aliphatic carbocycles. The van der Waals surface area contributed by atoms with E-state index in [1.807, 2.05) is 42.2 Å². The minimum Gasteiger partial charge on any atom is -0.366 e. The molecule has 0 spiro atoms. The number of benzene rings is 1. The fourth-order valence-corrected chi connectivity index (χ4v) is 2.37. The average Bonchev–Trinajstić information content (AvgIpc) is 2.69. The second kappa shape index (κ2) is 5.44. The topological polar surface area (TPSA) is 16.1 Å². The Bertz CT molecular complexity index is 483. The SMILES string of the molecule is CN1C=CSC1(C)C.c1ccc2ncccc2c1. The van der Waals surface area contributed by atoms with Crippen LogP contribution in [0.3, 0.4) is 0 Å². The molecular weight excluding hydrogens is 240 g/mol. The molecular formula is C15H18N2S. The number of aromatic nitrogens is 1. The van der Waals surface area contributed by atoms with Crippen LogP contribution in [0.25, 0.3) is 10.9 Å². The van der Waals surface area contributed by atoms with Crippen LogP contribution < -0.4 is 0 Å². The molecule has 2 nitrogen and oxygen atoms in total. The smallest absolute Gasteiger partial charge is 0.0836 e. The lowest BCUT2D eigenvalue weighted by Crippen LogP contribution is -2.29. The normalized spacial score (nSPS) is 16.5. The van der Waals surface area contributed by atoms with E-state index in [1.54, 1.807) is 0 Å². The Kier molecular flexibility index (Phi) is 3.92. The van der Waals surface area contributed by atoms with E-state index < -0.39 is 0 Å². The number of para-hydroxylation sites is 1. The zero-order valence-electron chi connectivity index (χ0n) is 11.0. The van der Waals surface area contributed by atoms with E-state index in [0.29, 0.717) is 4.87 Å². The van der Waals surface area contributed by atoms with Crippen molar-refractivity contribution in [3.63, 3.8) is 0 Å². The van der Waals surface area contributed by atoms with Crippen molar-refractivity contribution in [3.05, 3.63) is 54.2 Å². The first kappa shape index (κ1) is 13.0. The summed E-state index contributed by atoms with van der Waals surface area (Å²) in [5.74, 6) is 0. The van der Waals surface area contributed by atoms with E-state index in [4.69, 9.17) is 0 Å². The van der Waals surface area contributed by atoms with Gasteiger partial charge in [-0.1, -0.05) is 24.3 Å². The van der Waals surface area contributed by atoms with Crippen molar-refractivity contribution in [2.24, 2.45) is 0 Å². The summed E-state index contributed by atoms with van der Waals surface area (Å²) in [6.07, 6.45) is 3.91. The Morgan fingerprint density at radius 1 is 1.11 bits per heavy atom. The average molecular weight is 258 g/mol. The van der Waals surface area contributed by atoms with Crippen LogP contribution >= 0.6 is 11.8 Å². The van der Waals surface area contributed by atoms with Gasteiger partial charge in [0, 0.05) is 24.8 Å². The summed E-state index contributed by atoms with van der Waals surface area (Å²) in [6, 6.07) is 12.1. The van der Waals surface area contributed by atoms with Crippen LogP contribution in [0.2, 0.25) is 0 Å². The third kappa shape index (κ3) is 3.05. The minimum atomic E-state index is 0.292. The molecule has 0 unspecified atom stereocenters. The predicted molar refractivity (Wildman–Crippen MR) is 80.3 cm³/mol. The molecule has 0 amide bonds. The van der Waals surface area contributed by atoms with Gasteiger partial charge in [-0.2, -0.15) is 0 Å². The molecule has 1 aromatic carbocycles. The van der Waals surface area contributed by atoms with Gasteiger partial charge in [-0.05, 0) is 31.4 Å². The molecule has 0 fully saturated rings. The number of thioether (sulfide) groups is 1. The monoisotopic (exact) mass is 258 g/mol. The highest BCUT2D eigenvalue weighted by Gasteiger charge is 2.24. The first-order chi connectivity index (χ1) is 8.59. The highest BCUT2D eigenvalue weighted by Crippen LogP contribution is 2.33. The highest BCUT2D eigenvalue weighted by molar-refractivity contribution is 8.03. The maximum absolute atomic E-state index is 4.18. The van der Waals surface area contributed by atoms with Crippen LogP contribution in [-0.4, -0.2) is 21.8 Å². The summed E-state index contributed by atoms with van der Waals surface area (Å²) in [6.45, 7) is 4.41. The quantitative estimate of drug-likeness (QED) is 0.707. The van der Waals surface area contributed by atoms with Gasteiger partial charge < -0.3 is 4.90 Å². The molecule has 0 saturated carbocycles. The zero-order chi connectivity index (χ0) is 13.0. The number of nitrogens with zero attached hydrogens (tertiary/aromatic N) is 2. The molecule has 2 aromatic rings. The number of hydrogen-bond acceptors (Lipinski definition) is 3. The van der Waals surface area contributed by atoms with E-state index >= 15 is 0 Å². The van der Waals surface area contributed by atoms with Crippen molar-refractivity contribution < 1.29 is 0 Å². The van der Waals surface area contributed by atoms with Gasteiger partial charge in [-0.15, -0.1) is 11.8 Å². The molecule has 0 radical (unpaired) electrons. The first-order valence-corrected chi connectivity index (χ1v) is 6.85. The summed E-state index contributed by atoms with van der Waals surface area (Å²) in [5, 5.41) is 3.32. The van der Waals surface area contributed by atoms with E-state index in [9.17, 15) is 0 Å². The molecule has 18 heavy (non-hydrogen) atoms. The zero-order valence-corrected chi connectivity index (χ0v) is 11.8. The van der Waals surface area contributed by atoms with Gasteiger partial charge in [0.05, 0.1) is 10.4 Å². The van der Waals surface area contributed by atoms with Crippen molar-refractivity contribution in [1.29, 1.82) is 0 Å². The van der Waals surface area contributed by atoms with E-state index in [-0.39, 0.29) is 0 Å². The third-order valence-corrected chi connectivity index (χ3v) is 4.13. The molecule has 1 aliphatic heterocycles. The maximum Gasteiger partial charge on any atom is 0.0836 e. The molecule has 1 aromatic heterocycles. The van der Waals surface area contributed by atoms with E-state index in [2.05, 4.69) is 54.5 Å². The van der Waals surface area contributed by atoms with Crippen LogP contribution in [0, 0.1) is 0 Å². The van der Waals surface area contributed by atoms with Crippen LogP contribution in [0.5, 0.6) is 0 Å². The molecule has 3 heteroatoms. The highest BCUT2D eigenvalue weighted by atomic mass is 32.2. The van der Waals surface area contributed by atoms with Gasteiger partial charge in [0.1, 0.15) is 0 Å². The van der Waals surface area contributed by atoms with E-state index in [1.165, 1.54) is 5.39 Å². The van der Waals surface area contributed by atoms with Gasteiger partial charge in [0.25, 0.3) is 0 Å². The molecule has 0 atom stereocenters. The molecule has 94 valence electrons. The van der Waals surface area contributed by atoms with Gasteiger partial charge >= 0.3 is 0 Å². The summed E-state index contributed by atoms with van der Waals surface area (Å²) < 4.78 is 0. The summed E-state index contributed by atoms with van der Waals surface area (Å²) in [5.41, 5.74) is 1.06. The molecule has 1 aliphatic rings. The van der Waals surface area contributed by atoms with Crippen LogP contribution in [0.15, 0.2) is 54.2 Å². The molecule has 0 saturated heterocycles. The predicted octanol–water partition coefficient (Wildman–Crippen LogP) is 4.11. The minimum absolute atomic E-state index is 0.292. The second-order valence-electron chi connectivity index (χ2n) is 4.66. The number of rotatable bonds is 0. The Balaban J connectivity index is 0.000000138. The summed E-state index contributed by atoms with van der Waals surface area (Å²) in [4.78, 5) is 6.68. The van der Waals surface area contributed by atoms with Gasteiger partial charge in [0.2, 0.25) is 0 Å². The van der Waals surface area contributed by atoms with Crippen molar-refractivity contribution in [2.75, 3.05) is 7.05 Å². The Morgan fingerprint density at radius 2 is 1.83 bits per heavy atom. The first-order valence-electron chi connectivity index (χ1n) is 5.97. The van der Waals surface area contributed by atoms with Crippen LogP contribution in [-0.2, 0) is 0 Å². The second-order valence-corrected chi connectivity index (χ2v) is 6.16. The lowest BCUT2D eigenvalue weighted by atomic mass is 10.2. The molecule has 0 N–H and O–H groups in total. The van der Waals surface area contributed by atoms with Crippen LogP contribution in [0.1, 0.15) is 13.8 Å². The van der Waals surface area contributed by atoms with Crippen molar-refractivity contribution in [1.82, 2.24) is 9.88 Å². The van der Waals surface area contributed by atoms with Crippen molar-refractivity contribution >= 4 is 22.7 Å². The standard InChI is InChI=1S/C9H7N.C6H11NS/c1-2-6-9-8(4-1)5-3-7-10-9;1-6(2)7(3)4-5-8-6/h1-7H;4-5H,1-3H3. The number of pyridine rings is 1. The third-order valence-electron chi connectivity index (χ3n) is 3.00. The fourth-order valence-electron chi connectivity index (χ4n) is 1.57. The van der Waals surface area contributed by atoms with Gasteiger partial charge in [-0.3, -0.25) is 4.98 Å². The van der Waals surface area contributed by atoms with Crippen molar-refractivity contribution in [3.8, 4) is 0 Å². The lowest BCUT2D eigenvalue weighted by Gasteiger charge is -2.27. The molecule has 0 bridgehead atoms. The Hall–Kier alpha value is -1.48. The largest absolute Gasteiger partial charge is 0.366 e. The molecule has 3 rings (SSSR count). The molecule has 2 heterocycles. The Morgan fingerprint density at radius 3 is 2.39 bits per heavy atom. The van der Waals surface area contributed by atoms with Crippen molar-refractivity contribution in [2.45, 2.75) is 18.7 Å². The number of hydrogen-bond donors (Lipinski definition) is 0. The van der Waals surface area contributed by atoms with Crippen LogP contribution in [0.4, 0.5) is 0 Å². The van der Waals surface area contributed by atoms with Gasteiger partial charge in [-0.25, -0.2) is 0 Å². The Labute approximate surface area is 113 Å². The summed E-state index contributed by atoms with van der Waals surface area (Å²) >= 11 is 1.85. The summed E-state index contributed by atoms with van der Waals surface area (Å²) in [7, 11) is 2.09. The number of fused-ring (bicyclic) bond motifs is 1. The van der Waals surface area contributed by atoms with E-state index in [0.717, 1.165) is 5.52 Å². The van der Waals surface area contributed by atoms with Gasteiger partial charge in [0.15, 0.2) is 0 Å².